The van der Waals surface area contributed by atoms with Gasteiger partial charge in [-0.3, -0.25) is 5.01 Å². The minimum Gasteiger partial charge on any atom is -0.375 e. The Morgan fingerprint density at radius 1 is 1.10 bits per heavy atom. The summed E-state index contributed by atoms with van der Waals surface area (Å²) in [6, 6.07) is 18.4. The largest absolute Gasteiger partial charge is 0.375 e. The lowest BCUT2D eigenvalue weighted by atomic mass is 10.1. The number of nitrogens with zero attached hydrogens (tertiary/aromatic N) is 2. The zero-order chi connectivity index (χ0) is 14.8. The molecule has 2 aromatic carbocycles. The molecule has 0 fully saturated rings. The molecule has 0 saturated heterocycles. The smallest absolute Gasteiger partial charge is 0.186 e. The summed E-state index contributed by atoms with van der Waals surface area (Å²) < 4.78 is 0. The third kappa shape index (κ3) is 2.74. The molecule has 1 aliphatic heterocycles. The molecule has 3 N–H and O–H groups in total. The standard InChI is InChI=1S/C16H16N4S/c1-12-6-5-9-14(10-12)20-15(11-19(18-20)16(17)21)13-7-3-2-4-8-13/h2-11,18H,1H3,(H2,17,21). The molecule has 5 heteroatoms. The average molecular weight is 296 g/mol. The summed E-state index contributed by atoms with van der Waals surface area (Å²) in [6.45, 7) is 2.07. The first-order chi connectivity index (χ1) is 10.1. The van der Waals surface area contributed by atoms with Gasteiger partial charge in [0.15, 0.2) is 5.11 Å². The van der Waals surface area contributed by atoms with E-state index in [-0.39, 0.29) is 5.11 Å². The van der Waals surface area contributed by atoms with Crippen molar-refractivity contribution in [3.8, 4) is 0 Å². The maximum absolute atomic E-state index is 5.73. The first kappa shape index (κ1) is 13.6. The first-order valence-corrected chi connectivity index (χ1v) is 7.05. The molecule has 0 spiro atoms. The molecule has 3 rings (SSSR count). The van der Waals surface area contributed by atoms with Crippen LogP contribution in [0, 0.1) is 6.92 Å². The van der Waals surface area contributed by atoms with Gasteiger partial charge in [-0.2, -0.15) is 0 Å². The van der Waals surface area contributed by atoms with Gasteiger partial charge < -0.3 is 5.73 Å². The number of nitrogens with one attached hydrogen (secondary N) is 1. The Kier molecular flexibility index (Phi) is 3.60. The maximum Gasteiger partial charge on any atom is 0.186 e. The van der Waals surface area contributed by atoms with E-state index in [1.165, 1.54) is 5.56 Å². The van der Waals surface area contributed by atoms with E-state index >= 15 is 0 Å². The second kappa shape index (κ2) is 5.55. The monoisotopic (exact) mass is 296 g/mol. The van der Waals surface area contributed by atoms with Gasteiger partial charge in [0.1, 0.15) is 0 Å². The molecule has 106 valence electrons. The van der Waals surface area contributed by atoms with Crippen LogP contribution >= 0.6 is 12.2 Å². The minimum atomic E-state index is 0.276. The van der Waals surface area contributed by atoms with Gasteiger partial charge in [0.05, 0.1) is 17.6 Å². The van der Waals surface area contributed by atoms with Crippen LogP contribution in [0.3, 0.4) is 0 Å². The van der Waals surface area contributed by atoms with Gasteiger partial charge in [-0.05, 0) is 36.8 Å². The van der Waals surface area contributed by atoms with E-state index in [1.807, 2.05) is 41.5 Å². The molecular weight excluding hydrogens is 280 g/mol. The molecule has 0 aliphatic carbocycles. The first-order valence-electron chi connectivity index (χ1n) is 6.64. The quantitative estimate of drug-likeness (QED) is 0.834. The number of nitrogens with two attached hydrogens (primary N) is 1. The Hall–Kier alpha value is -2.37. The number of thiocarbonyl (C=S) groups is 1. The number of hydrogen-bond donors (Lipinski definition) is 2. The van der Waals surface area contributed by atoms with Crippen LogP contribution in [0.1, 0.15) is 11.1 Å². The van der Waals surface area contributed by atoms with Gasteiger partial charge in [0.25, 0.3) is 0 Å². The zero-order valence-corrected chi connectivity index (χ0v) is 12.5. The van der Waals surface area contributed by atoms with Crippen molar-refractivity contribution in [2.45, 2.75) is 6.92 Å². The highest BCUT2D eigenvalue weighted by molar-refractivity contribution is 7.80. The molecular formula is C16H16N4S. The summed E-state index contributed by atoms with van der Waals surface area (Å²) in [5, 5.41) is 3.89. The lowest BCUT2D eigenvalue weighted by Gasteiger charge is -2.24. The highest BCUT2D eigenvalue weighted by atomic mass is 32.1. The molecule has 0 radical (unpaired) electrons. The van der Waals surface area contributed by atoms with E-state index in [0.717, 1.165) is 16.9 Å². The molecule has 21 heavy (non-hydrogen) atoms. The number of benzene rings is 2. The van der Waals surface area contributed by atoms with Gasteiger partial charge in [0.2, 0.25) is 0 Å². The molecule has 4 nitrogen and oxygen atoms in total. The molecule has 0 bridgehead atoms. The van der Waals surface area contributed by atoms with Gasteiger partial charge >= 0.3 is 0 Å². The molecule has 0 saturated carbocycles. The number of aryl methyl sites for hydroxylation is 1. The van der Waals surface area contributed by atoms with Crippen LogP contribution in [-0.4, -0.2) is 10.1 Å². The van der Waals surface area contributed by atoms with Crippen LogP contribution in [-0.2, 0) is 0 Å². The van der Waals surface area contributed by atoms with Crippen LogP contribution in [0.25, 0.3) is 5.70 Å². The Morgan fingerprint density at radius 3 is 2.52 bits per heavy atom. The third-order valence-electron chi connectivity index (χ3n) is 3.27. The van der Waals surface area contributed by atoms with Crippen molar-refractivity contribution in [1.29, 1.82) is 0 Å². The predicted octanol–water partition coefficient (Wildman–Crippen LogP) is 2.78. The maximum atomic E-state index is 5.73. The topological polar surface area (TPSA) is 44.5 Å². The van der Waals surface area contributed by atoms with E-state index in [4.69, 9.17) is 18.0 Å². The summed E-state index contributed by atoms with van der Waals surface area (Å²) in [4.78, 5) is 0. The highest BCUT2D eigenvalue weighted by Crippen LogP contribution is 2.29. The van der Waals surface area contributed by atoms with Crippen molar-refractivity contribution < 1.29 is 0 Å². The van der Waals surface area contributed by atoms with Crippen LogP contribution in [0.5, 0.6) is 0 Å². The average Bonchev–Trinajstić information content (AvgIpc) is 2.93. The van der Waals surface area contributed by atoms with Gasteiger partial charge in [-0.1, -0.05) is 42.5 Å². The SMILES string of the molecule is Cc1cccc(N2NN(C(N)=S)C=C2c2ccccc2)c1. The lowest BCUT2D eigenvalue weighted by molar-refractivity contribution is 0.445. The Morgan fingerprint density at radius 2 is 1.86 bits per heavy atom. The number of anilines is 1. The van der Waals surface area contributed by atoms with Crippen LogP contribution in [0.4, 0.5) is 5.69 Å². The minimum absolute atomic E-state index is 0.276. The summed E-state index contributed by atoms with van der Waals surface area (Å²) in [6.07, 6.45) is 1.90. The van der Waals surface area contributed by atoms with E-state index in [9.17, 15) is 0 Å². The summed E-state index contributed by atoms with van der Waals surface area (Å²) in [5.74, 6) is 0. The third-order valence-corrected chi connectivity index (χ3v) is 3.46. The van der Waals surface area contributed by atoms with E-state index in [2.05, 4.69) is 36.7 Å². The molecule has 1 aliphatic rings. The van der Waals surface area contributed by atoms with Crippen molar-refractivity contribution in [1.82, 2.24) is 10.5 Å². The van der Waals surface area contributed by atoms with Crippen molar-refractivity contribution in [3.05, 3.63) is 71.9 Å². The fourth-order valence-corrected chi connectivity index (χ4v) is 2.35. The van der Waals surface area contributed by atoms with Crippen LogP contribution in [0.2, 0.25) is 0 Å². The normalized spacial score (nSPS) is 14.2. The second-order valence-electron chi connectivity index (χ2n) is 4.86. The van der Waals surface area contributed by atoms with Crippen molar-refractivity contribution in [2.24, 2.45) is 5.73 Å². The fourth-order valence-electron chi connectivity index (χ4n) is 2.26. The summed E-state index contributed by atoms with van der Waals surface area (Å²) >= 11 is 5.06. The van der Waals surface area contributed by atoms with E-state index in [0.29, 0.717) is 0 Å². The van der Waals surface area contributed by atoms with Crippen molar-refractivity contribution in [2.75, 3.05) is 5.01 Å². The number of hydrogen-bond acceptors (Lipinski definition) is 3. The van der Waals surface area contributed by atoms with E-state index < -0.39 is 0 Å². The lowest BCUT2D eigenvalue weighted by Crippen LogP contribution is -2.45. The molecule has 0 unspecified atom stereocenters. The summed E-state index contributed by atoms with van der Waals surface area (Å²) in [7, 11) is 0. The van der Waals surface area contributed by atoms with Crippen LogP contribution in [0.15, 0.2) is 60.8 Å². The second-order valence-corrected chi connectivity index (χ2v) is 5.28. The Bertz CT molecular complexity index is 696. The van der Waals surface area contributed by atoms with Gasteiger partial charge in [-0.15, -0.1) is 5.53 Å². The van der Waals surface area contributed by atoms with Crippen molar-refractivity contribution >= 4 is 28.7 Å². The molecule has 0 amide bonds. The van der Waals surface area contributed by atoms with Gasteiger partial charge in [-0.25, -0.2) is 5.01 Å². The zero-order valence-electron chi connectivity index (χ0n) is 11.7. The predicted molar refractivity (Wildman–Crippen MR) is 89.8 cm³/mol. The van der Waals surface area contributed by atoms with Gasteiger partial charge in [0, 0.05) is 5.56 Å². The highest BCUT2D eigenvalue weighted by Gasteiger charge is 2.24. The Balaban J connectivity index is 2.03. The number of rotatable bonds is 2. The Labute approximate surface area is 129 Å². The molecule has 2 aromatic rings. The number of hydrazine groups is 2. The summed E-state index contributed by atoms with van der Waals surface area (Å²) in [5.41, 5.74) is 13.2. The molecule has 1 heterocycles. The molecule has 0 atom stereocenters. The van der Waals surface area contributed by atoms with Crippen LogP contribution < -0.4 is 16.3 Å². The van der Waals surface area contributed by atoms with E-state index in [1.54, 1.807) is 5.01 Å². The van der Waals surface area contributed by atoms with Crippen molar-refractivity contribution in [3.63, 3.8) is 0 Å². The molecule has 0 aromatic heterocycles. The fraction of sp³-hybridized carbons (Fsp3) is 0.0625.